The Morgan fingerprint density at radius 3 is 2.76 bits per heavy atom. The van der Waals surface area contributed by atoms with E-state index in [0.29, 0.717) is 11.0 Å². The predicted octanol–water partition coefficient (Wildman–Crippen LogP) is 4.12. The lowest BCUT2D eigenvalue weighted by Gasteiger charge is -2.28. The van der Waals surface area contributed by atoms with Gasteiger partial charge in [-0.1, -0.05) is 17.7 Å². The second kappa shape index (κ2) is 5.98. The standard InChI is InChI=1S/C17H18FN2S/c1-11-3-2-4-13(9-15-10-19-17(21)20-15)16(11)12-5-7-14(18)8-6-12/h5-8,10,13H,2-4,9H2,1H3,(H,19,21). The fourth-order valence-electron chi connectivity index (χ4n) is 3.25. The minimum atomic E-state index is -0.188. The van der Waals surface area contributed by atoms with Crippen LogP contribution in [0.3, 0.4) is 0 Å². The van der Waals surface area contributed by atoms with Gasteiger partial charge in [0.1, 0.15) is 5.82 Å². The van der Waals surface area contributed by atoms with Gasteiger partial charge in [-0.15, -0.1) is 0 Å². The first-order valence-corrected chi connectivity index (χ1v) is 7.71. The lowest BCUT2D eigenvalue weighted by Crippen LogP contribution is -2.18. The monoisotopic (exact) mass is 301 g/mol. The van der Waals surface area contributed by atoms with Crippen LogP contribution in [0.4, 0.5) is 4.39 Å². The largest absolute Gasteiger partial charge is 0.336 e. The molecule has 4 heteroatoms. The predicted molar refractivity (Wildman–Crippen MR) is 86.9 cm³/mol. The molecule has 0 saturated carbocycles. The molecule has 1 heterocycles. The van der Waals surface area contributed by atoms with Gasteiger partial charge in [-0.2, -0.15) is 0 Å². The topological polar surface area (TPSA) is 26.1 Å². The highest BCUT2D eigenvalue weighted by atomic mass is 32.1. The lowest BCUT2D eigenvalue weighted by molar-refractivity contribution is 0.535. The Balaban J connectivity index is 1.86. The van der Waals surface area contributed by atoms with E-state index in [1.807, 2.05) is 18.3 Å². The first-order valence-electron chi connectivity index (χ1n) is 7.30. The molecule has 3 rings (SSSR count). The highest BCUT2D eigenvalue weighted by Gasteiger charge is 2.25. The number of hydrogen-bond acceptors (Lipinski definition) is 1. The van der Waals surface area contributed by atoms with Gasteiger partial charge < -0.3 is 5.32 Å². The third-order valence-electron chi connectivity index (χ3n) is 4.19. The highest BCUT2D eigenvalue weighted by Crippen LogP contribution is 2.40. The number of thiocarbonyl (C=S) groups is 1. The van der Waals surface area contributed by atoms with Crippen molar-refractivity contribution in [2.75, 3.05) is 0 Å². The Morgan fingerprint density at radius 1 is 1.33 bits per heavy atom. The maximum Gasteiger partial charge on any atom is 0.197 e. The van der Waals surface area contributed by atoms with Crippen molar-refractivity contribution in [3.05, 3.63) is 53.1 Å². The van der Waals surface area contributed by atoms with Crippen LogP contribution in [-0.2, 0) is 0 Å². The van der Waals surface area contributed by atoms with E-state index in [9.17, 15) is 4.39 Å². The number of benzene rings is 1. The molecule has 21 heavy (non-hydrogen) atoms. The van der Waals surface area contributed by atoms with Crippen molar-refractivity contribution in [1.82, 2.24) is 10.6 Å². The van der Waals surface area contributed by atoms with Crippen molar-refractivity contribution < 1.29 is 4.39 Å². The van der Waals surface area contributed by atoms with E-state index in [4.69, 9.17) is 12.2 Å². The van der Waals surface area contributed by atoms with E-state index in [0.717, 1.165) is 30.5 Å². The summed E-state index contributed by atoms with van der Waals surface area (Å²) in [7, 11) is 0. The number of halogens is 1. The summed E-state index contributed by atoms with van der Waals surface area (Å²) in [6, 6.07) is 6.85. The normalized spacial score (nSPS) is 21.9. The zero-order chi connectivity index (χ0) is 14.8. The zero-order valence-electron chi connectivity index (χ0n) is 12.0. The average Bonchev–Trinajstić information content (AvgIpc) is 2.86. The van der Waals surface area contributed by atoms with Crippen LogP contribution in [0.2, 0.25) is 0 Å². The molecule has 1 aromatic rings. The van der Waals surface area contributed by atoms with Crippen LogP contribution in [0.1, 0.15) is 38.2 Å². The molecule has 1 aliphatic heterocycles. The van der Waals surface area contributed by atoms with Crippen LogP contribution in [0.15, 0.2) is 41.7 Å². The number of hydrogen-bond donors (Lipinski definition) is 1. The van der Waals surface area contributed by atoms with Crippen LogP contribution in [0.5, 0.6) is 0 Å². The first-order chi connectivity index (χ1) is 10.1. The van der Waals surface area contributed by atoms with E-state index in [1.54, 1.807) is 0 Å². The summed E-state index contributed by atoms with van der Waals surface area (Å²) < 4.78 is 13.2. The molecular formula is C17H18FN2S. The van der Waals surface area contributed by atoms with E-state index in [1.165, 1.54) is 29.7 Å². The van der Waals surface area contributed by atoms with Gasteiger partial charge in [0, 0.05) is 6.20 Å². The molecule has 1 aromatic carbocycles. The molecule has 2 aliphatic rings. The van der Waals surface area contributed by atoms with Gasteiger partial charge in [-0.05, 0) is 74.0 Å². The van der Waals surface area contributed by atoms with Crippen molar-refractivity contribution in [3.63, 3.8) is 0 Å². The quantitative estimate of drug-likeness (QED) is 0.850. The molecule has 1 aliphatic carbocycles. The van der Waals surface area contributed by atoms with Gasteiger partial charge in [-0.25, -0.2) is 9.71 Å². The summed E-state index contributed by atoms with van der Waals surface area (Å²) in [6.45, 7) is 2.19. The fourth-order valence-corrected chi connectivity index (χ4v) is 3.43. The molecule has 0 bridgehead atoms. The first kappa shape index (κ1) is 14.3. The molecule has 0 amide bonds. The van der Waals surface area contributed by atoms with Crippen LogP contribution in [-0.4, -0.2) is 5.11 Å². The Hall–Kier alpha value is -1.68. The molecule has 0 saturated heterocycles. The SMILES string of the molecule is CC1=C(c2ccc(F)cc2)C(CC2=CNC(=S)[N]2)CCC1. The molecule has 0 aromatic heterocycles. The minimum absolute atomic E-state index is 0.188. The number of rotatable bonds is 3. The molecule has 1 atom stereocenters. The van der Waals surface area contributed by atoms with E-state index in [2.05, 4.69) is 17.6 Å². The Kier molecular flexibility index (Phi) is 4.06. The summed E-state index contributed by atoms with van der Waals surface area (Å²) in [5.41, 5.74) is 4.91. The van der Waals surface area contributed by atoms with Crippen molar-refractivity contribution >= 4 is 22.9 Å². The van der Waals surface area contributed by atoms with Gasteiger partial charge in [0.05, 0.1) is 5.70 Å². The smallest absolute Gasteiger partial charge is 0.197 e. The summed E-state index contributed by atoms with van der Waals surface area (Å²) in [4.78, 5) is 0. The number of nitrogens with one attached hydrogen (secondary N) is 1. The highest BCUT2D eigenvalue weighted by molar-refractivity contribution is 7.80. The van der Waals surface area contributed by atoms with Gasteiger partial charge in [0.2, 0.25) is 0 Å². The number of allylic oxidation sites excluding steroid dienone is 3. The van der Waals surface area contributed by atoms with Crippen molar-refractivity contribution in [1.29, 1.82) is 0 Å². The molecule has 0 spiro atoms. The third kappa shape index (κ3) is 3.16. The molecule has 1 radical (unpaired) electrons. The van der Waals surface area contributed by atoms with Gasteiger partial charge in [-0.3, -0.25) is 0 Å². The average molecular weight is 301 g/mol. The number of nitrogens with zero attached hydrogens (tertiary/aromatic N) is 1. The van der Waals surface area contributed by atoms with E-state index in [-0.39, 0.29) is 5.82 Å². The molecular weight excluding hydrogens is 283 g/mol. The van der Waals surface area contributed by atoms with Crippen LogP contribution in [0.25, 0.3) is 5.57 Å². The third-order valence-corrected chi connectivity index (χ3v) is 4.40. The summed E-state index contributed by atoms with van der Waals surface area (Å²) in [5, 5.41) is 7.86. The maximum atomic E-state index is 13.2. The summed E-state index contributed by atoms with van der Waals surface area (Å²) in [6.07, 6.45) is 6.25. The minimum Gasteiger partial charge on any atom is -0.336 e. The fraction of sp³-hybridized carbons (Fsp3) is 0.353. The Morgan fingerprint density at radius 2 is 2.10 bits per heavy atom. The Bertz CT molecular complexity index is 616. The van der Waals surface area contributed by atoms with E-state index >= 15 is 0 Å². The van der Waals surface area contributed by atoms with Gasteiger partial charge in [0.25, 0.3) is 0 Å². The second-order valence-electron chi connectivity index (χ2n) is 5.69. The van der Waals surface area contributed by atoms with Crippen LogP contribution in [0, 0.1) is 11.7 Å². The molecule has 1 unspecified atom stereocenters. The maximum absolute atomic E-state index is 13.2. The van der Waals surface area contributed by atoms with Crippen molar-refractivity contribution in [2.24, 2.45) is 5.92 Å². The van der Waals surface area contributed by atoms with Crippen LogP contribution >= 0.6 is 12.2 Å². The zero-order valence-corrected chi connectivity index (χ0v) is 12.8. The summed E-state index contributed by atoms with van der Waals surface area (Å²) in [5.74, 6) is 0.245. The van der Waals surface area contributed by atoms with Gasteiger partial charge in [0.15, 0.2) is 5.11 Å². The molecule has 2 nitrogen and oxygen atoms in total. The Labute approximate surface area is 130 Å². The molecule has 1 N–H and O–H groups in total. The molecule has 109 valence electrons. The van der Waals surface area contributed by atoms with Gasteiger partial charge >= 0.3 is 0 Å². The van der Waals surface area contributed by atoms with Crippen molar-refractivity contribution in [2.45, 2.75) is 32.6 Å². The van der Waals surface area contributed by atoms with Crippen LogP contribution < -0.4 is 10.6 Å². The van der Waals surface area contributed by atoms with Crippen molar-refractivity contribution in [3.8, 4) is 0 Å². The summed E-state index contributed by atoms with van der Waals surface area (Å²) >= 11 is 5.04. The second-order valence-corrected chi connectivity index (χ2v) is 6.08. The lowest BCUT2D eigenvalue weighted by atomic mass is 9.77. The van der Waals surface area contributed by atoms with E-state index < -0.39 is 0 Å². The molecule has 0 fully saturated rings.